The number of aromatic nitrogens is 1. The molecule has 0 saturated carbocycles. The van der Waals surface area contributed by atoms with Crippen molar-refractivity contribution in [2.75, 3.05) is 32.5 Å². The van der Waals surface area contributed by atoms with Crippen LogP contribution in [0.5, 0.6) is 5.75 Å². The van der Waals surface area contributed by atoms with Crippen molar-refractivity contribution in [1.82, 2.24) is 9.88 Å². The van der Waals surface area contributed by atoms with Crippen molar-refractivity contribution in [2.24, 2.45) is 5.41 Å². The van der Waals surface area contributed by atoms with Crippen LogP contribution in [0, 0.1) is 5.41 Å². The number of carboxylic acid groups (broad SMARTS) is 1. The Labute approximate surface area is 218 Å². The van der Waals surface area contributed by atoms with E-state index in [4.69, 9.17) is 16.3 Å². The Bertz CT molecular complexity index is 1140. The topological polar surface area (TPSA) is 62.7 Å². The van der Waals surface area contributed by atoms with Gasteiger partial charge in [-0.3, -0.25) is 9.78 Å². The molecule has 0 aliphatic carbocycles. The first kappa shape index (κ1) is 26.2. The molecule has 35 heavy (non-hydrogen) atoms. The Morgan fingerprint density at radius 2 is 2.17 bits per heavy atom. The Morgan fingerprint density at radius 1 is 1.37 bits per heavy atom. The molecule has 1 aliphatic rings. The number of thiophene rings is 1. The fourth-order valence-electron chi connectivity index (χ4n) is 4.90. The Hall–Kier alpha value is -1.87. The van der Waals surface area contributed by atoms with Gasteiger partial charge in [0.1, 0.15) is 11.9 Å². The molecule has 3 aromatic rings. The van der Waals surface area contributed by atoms with Gasteiger partial charge in [0.05, 0.1) is 24.1 Å². The SMILES string of the molecule is COc1ccc2ncc(Cl)c(C(F)CCC3(CC(=O)O)CCN(CCSc4ccsc4)CC3)c2c1. The van der Waals surface area contributed by atoms with E-state index in [1.165, 1.54) is 11.1 Å². The van der Waals surface area contributed by atoms with Gasteiger partial charge in [0.15, 0.2) is 0 Å². The van der Waals surface area contributed by atoms with E-state index < -0.39 is 17.6 Å². The second kappa shape index (κ2) is 11.9. The number of fused-ring (bicyclic) bond motifs is 1. The maximum absolute atomic E-state index is 15.7. The highest BCUT2D eigenvalue weighted by Gasteiger charge is 2.37. The third-order valence-corrected chi connectivity index (χ3v) is 9.03. The largest absolute Gasteiger partial charge is 0.497 e. The number of pyridine rings is 1. The minimum absolute atomic E-state index is 0.0653. The normalized spacial score (nSPS) is 16.9. The van der Waals surface area contributed by atoms with Gasteiger partial charge in [-0.25, -0.2) is 4.39 Å². The highest BCUT2D eigenvalue weighted by Crippen LogP contribution is 2.44. The van der Waals surface area contributed by atoms with Crippen LogP contribution in [0.4, 0.5) is 4.39 Å². The molecule has 188 valence electrons. The molecule has 0 radical (unpaired) electrons. The van der Waals surface area contributed by atoms with Crippen LogP contribution in [0.15, 0.2) is 46.1 Å². The molecule has 1 N–H and O–H groups in total. The van der Waals surface area contributed by atoms with Crippen LogP contribution >= 0.6 is 34.7 Å². The zero-order valence-corrected chi connectivity index (χ0v) is 22.1. The highest BCUT2D eigenvalue weighted by atomic mass is 35.5. The predicted molar refractivity (Wildman–Crippen MR) is 142 cm³/mol. The van der Waals surface area contributed by atoms with Crippen LogP contribution in [-0.2, 0) is 4.79 Å². The van der Waals surface area contributed by atoms with E-state index in [0.29, 0.717) is 28.6 Å². The second-order valence-corrected chi connectivity index (χ2v) is 11.5. The lowest BCUT2D eigenvalue weighted by Crippen LogP contribution is -2.42. The van der Waals surface area contributed by atoms with Gasteiger partial charge >= 0.3 is 5.97 Å². The van der Waals surface area contributed by atoms with Crippen molar-refractivity contribution < 1.29 is 19.0 Å². The van der Waals surface area contributed by atoms with Crippen molar-refractivity contribution in [3.63, 3.8) is 0 Å². The number of hydrogen-bond donors (Lipinski definition) is 1. The van der Waals surface area contributed by atoms with Gasteiger partial charge in [-0.15, -0.1) is 11.8 Å². The van der Waals surface area contributed by atoms with E-state index >= 15 is 4.39 Å². The van der Waals surface area contributed by atoms with E-state index in [0.717, 1.165) is 38.2 Å². The molecule has 0 amide bonds. The zero-order chi connectivity index (χ0) is 24.8. The molecule has 1 atom stereocenters. The van der Waals surface area contributed by atoms with Gasteiger partial charge in [0, 0.05) is 39.7 Å². The average molecular weight is 537 g/mol. The average Bonchev–Trinajstić information content (AvgIpc) is 3.36. The first-order valence-electron chi connectivity index (χ1n) is 11.7. The number of benzene rings is 1. The number of piperidine rings is 1. The minimum atomic E-state index is -1.31. The van der Waals surface area contributed by atoms with Crippen molar-refractivity contribution >= 4 is 51.6 Å². The Morgan fingerprint density at radius 3 is 2.86 bits per heavy atom. The number of hydrogen-bond acceptors (Lipinski definition) is 6. The summed E-state index contributed by atoms with van der Waals surface area (Å²) in [7, 11) is 1.56. The number of ether oxygens (including phenoxy) is 1. The number of alkyl halides is 1. The van der Waals surface area contributed by atoms with Gasteiger partial charge in [0.2, 0.25) is 0 Å². The third kappa shape index (κ3) is 6.67. The maximum Gasteiger partial charge on any atom is 0.303 e. The van der Waals surface area contributed by atoms with Crippen molar-refractivity contribution in [3.8, 4) is 5.75 Å². The summed E-state index contributed by atoms with van der Waals surface area (Å²) in [6, 6.07) is 7.47. The van der Waals surface area contributed by atoms with Crippen molar-refractivity contribution in [3.05, 3.63) is 51.8 Å². The van der Waals surface area contributed by atoms with Crippen LogP contribution in [0.1, 0.15) is 43.8 Å². The standard InChI is InChI=1S/C26H30ClFN2O3S2/c1-33-18-2-3-23-20(14-18)25(21(27)16-29-23)22(28)4-6-26(15-24(31)32)7-9-30(10-8-26)11-13-35-19-5-12-34-17-19/h2-3,5,12,14,16-17,22H,4,6-11,13,15H2,1H3,(H,31,32). The number of rotatable bonds is 11. The summed E-state index contributed by atoms with van der Waals surface area (Å²) in [5.74, 6) is 0.799. The van der Waals surface area contributed by atoms with Gasteiger partial charge in [0.25, 0.3) is 0 Å². The fraction of sp³-hybridized carbons (Fsp3) is 0.462. The number of likely N-dealkylation sites (tertiary alicyclic amines) is 1. The first-order chi connectivity index (χ1) is 16.9. The summed E-state index contributed by atoms with van der Waals surface area (Å²) < 4.78 is 21.0. The molecule has 1 fully saturated rings. The van der Waals surface area contributed by atoms with E-state index in [1.807, 2.05) is 11.8 Å². The second-order valence-electron chi connectivity index (χ2n) is 9.13. The molecule has 2 aromatic heterocycles. The van der Waals surface area contributed by atoms with Crippen LogP contribution in [0.25, 0.3) is 10.9 Å². The van der Waals surface area contributed by atoms with Gasteiger partial charge < -0.3 is 14.7 Å². The Kier molecular flexibility index (Phi) is 8.92. The third-order valence-electron chi connectivity index (χ3n) is 6.92. The van der Waals surface area contributed by atoms with Crippen LogP contribution in [0.3, 0.4) is 0 Å². The summed E-state index contributed by atoms with van der Waals surface area (Å²) >= 11 is 9.94. The van der Waals surface area contributed by atoms with E-state index in [9.17, 15) is 9.90 Å². The van der Waals surface area contributed by atoms with Gasteiger partial charge in [-0.05, 0) is 73.8 Å². The molecule has 1 unspecified atom stereocenters. The summed E-state index contributed by atoms with van der Waals surface area (Å²) in [5, 5.41) is 14.8. The molecule has 1 aliphatic heterocycles. The summed E-state index contributed by atoms with van der Waals surface area (Å²) in [6.07, 6.45) is 2.47. The molecule has 9 heteroatoms. The fourth-order valence-corrected chi connectivity index (χ4v) is 6.96. The smallest absolute Gasteiger partial charge is 0.303 e. The number of nitrogens with zero attached hydrogens (tertiary/aromatic N) is 2. The number of thioether (sulfide) groups is 1. The number of methoxy groups -OCH3 is 1. The first-order valence-corrected chi connectivity index (χ1v) is 14.1. The van der Waals surface area contributed by atoms with Crippen LogP contribution in [0.2, 0.25) is 5.02 Å². The van der Waals surface area contributed by atoms with E-state index in [1.54, 1.807) is 36.6 Å². The molecule has 1 aromatic carbocycles. The monoisotopic (exact) mass is 536 g/mol. The molecule has 5 nitrogen and oxygen atoms in total. The summed E-state index contributed by atoms with van der Waals surface area (Å²) in [4.78, 5) is 19.7. The number of carboxylic acids is 1. The number of carbonyl (C=O) groups is 1. The highest BCUT2D eigenvalue weighted by molar-refractivity contribution is 7.99. The summed E-state index contributed by atoms with van der Waals surface area (Å²) in [6.45, 7) is 2.64. The van der Waals surface area contributed by atoms with E-state index in [-0.39, 0.29) is 17.9 Å². The quantitative estimate of drug-likeness (QED) is 0.264. The molecular weight excluding hydrogens is 507 g/mol. The lowest BCUT2D eigenvalue weighted by atomic mass is 9.71. The van der Waals surface area contributed by atoms with Gasteiger partial charge in [-0.2, -0.15) is 11.3 Å². The van der Waals surface area contributed by atoms with E-state index in [2.05, 4.69) is 26.7 Å². The number of aliphatic carboxylic acids is 1. The molecular formula is C26H30ClFN2O3S2. The molecule has 4 rings (SSSR count). The lowest BCUT2D eigenvalue weighted by Gasteiger charge is -2.41. The lowest BCUT2D eigenvalue weighted by molar-refractivity contribution is -0.141. The molecule has 0 spiro atoms. The molecule has 3 heterocycles. The summed E-state index contributed by atoms with van der Waals surface area (Å²) in [5.41, 5.74) is 0.658. The van der Waals surface area contributed by atoms with Gasteiger partial charge in [-0.1, -0.05) is 11.6 Å². The van der Waals surface area contributed by atoms with Crippen LogP contribution < -0.4 is 4.74 Å². The number of halogens is 2. The zero-order valence-electron chi connectivity index (χ0n) is 19.7. The van der Waals surface area contributed by atoms with Crippen molar-refractivity contribution in [2.45, 2.75) is 43.2 Å². The molecule has 1 saturated heterocycles. The maximum atomic E-state index is 15.7. The van der Waals surface area contributed by atoms with Crippen molar-refractivity contribution in [1.29, 1.82) is 0 Å². The van der Waals surface area contributed by atoms with Crippen LogP contribution in [-0.4, -0.2) is 53.5 Å². The molecule has 0 bridgehead atoms. The Balaban J connectivity index is 1.40. The predicted octanol–water partition coefficient (Wildman–Crippen LogP) is 7.10. The minimum Gasteiger partial charge on any atom is -0.497 e.